The average molecular weight is 624 g/mol. The number of nitrogens with one attached hydrogen (secondary N) is 1. The molecular weight excluding hydrogens is 607 g/mol. The van der Waals surface area contributed by atoms with Crippen molar-refractivity contribution in [2.75, 3.05) is 6.54 Å². The van der Waals surface area contributed by atoms with Gasteiger partial charge in [0.1, 0.15) is 18.3 Å². The van der Waals surface area contributed by atoms with E-state index in [0.29, 0.717) is 12.1 Å². The number of alkyl halides is 9. The number of carbonyl (C=O) groups excluding carboxylic acids is 2. The van der Waals surface area contributed by atoms with Crippen LogP contribution in [0.15, 0.2) is 42.5 Å². The molecule has 0 aromatic heterocycles. The van der Waals surface area contributed by atoms with E-state index in [4.69, 9.17) is 23.2 Å². The molecule has 1 atom stereocenters. The van der Waals surface area contributed by atoms with Crippen LogP contribution in [0.5, 0.6) is 0 Å². The second-order valence-electron chi connectivity index (χ2n) is 9.17. The lowest BCUT2D eigenvalue weighted by atomic mass is 9.90. The third-order valence-corrected chi connectivity index (χ3v) is 6.53. The van der Waals surface area contributed by atoms with E-state index >= 15 is 0 Å². The van der Waals surface area contributed by atoms with E-state index in [9.17, 15) is 53.5 Å². The summed E-state index contributed by atoms with van der Waals surface area (Å²) in [6.07, 6.45) is -16.1. The number of ketones is 1. The standard InChI is InChI=1S/C25H17Cl2F10NO2/c26-14-5-13(6-15(27)8-14)17(24(32,33)34)9-19(28)12-1-2-16(18(7-12)25(35,36)37)20(39)10-22(3-4-22)21(40)38-11-23(29,30)31/h1-2,5-9,17H,3-4,10-11H2,(H,38,40)/b19-9-. The van der Waals surface area contributed by atoms with Gasteiger partial charge in [-0.25, -0.2) is 4.39 Å². The first kappa shape index (κ1) is 31.7. The largest absolute Gasteiger partial charge is 0.417 e. The molecule has 3 rings (SSSR count). The van der Waals surface area contributed by atoms with Crippen LogP contribution in [0.3, 0.4) is 0 Å². The van der Waals surface area contributed by atoms with Gasteiger partial charge in [-0.05, 0) is 48.7 Å². The van der Waals surface area contributed by atoms with Crippen molar-refractivity contribution in [2.45, 2.75) is 43.7 Å². The van der Waals surface area contributed by atoms with Crippen LogP contribution in [0, 0.1) is 5.41 Å². The molecule has 1 unspecified atom stereocenters. The Kier molecular flexibility index (Phi) is 8.91. The highest BCUT2D eigenvalue weighted by atomic mass is 35.5. The number of carbonyl (C=O) groups is 2. The predicted octanol–water partition coefficient (Wildman–Crippen LogP) is 8.70. The molecule has 0 bridgehead atoms. The van der Waals surface area contributed by atoms with Gasteiger partial charge in [0.05, 0.1) is 11.0 Å². The zero-order valence-electron chi connectivity index (χ0n) is 19.8. The van der Waals surface area contributed by atoms with Crippen molar-refractivity contribution >= 4 is 40.7 Å². The quantitative estimate of drug-likeness (QED) is 0.236. The molecule has 1 fully saturated rings. The Morgan fingerprint density at radius 1 is 0.925 bits per heavy atom. The highest BCUT2D eigenvalue weighted by Crippen LogP contribution is 2.50. The lowest BCUT2D eigenvalue weighted by Crippen LogP contribution is -2.39. The summed E-state index contributed by atoms with van der Waals surface area (Å²) in [4.78, 5) is 24.9. The SMILES string of the molecule is O=C(CC1(C(=O)NCC(F)(F)F)CC1)c1ccc(/C(F)=C/C(c2cc(Cl)cc(Cl)c2)C(F)(F)F)cc1C(F)(F)F. The second-order valence-corrected chi connectivity index (χ2v) is 10.0. The first-order valence-corrected chi connectivity index (χ1v) is 12.0. The molecule has 2 aromatic rings. The van der Waals surface area contributed by atoms with Crippen LogP contribution in [-0.2, 0) is 11.0 Å². The smallest absolute Gasteiger partial charge is 0.346 e. The van der Waals surface area contributed by atoms with Gasteiger partial charge in [0.15, 0.2) is 5.78 Å². The van der Waals surface area contributed by atoms with Crippen molar-refractivity contribution in [3.63, 3.8) is 0 Å². The van der Waals surface area contributed by atoms with Crippen molar-refractivity contribution in [3.8, 4) is 0 Å². The van der Waals surface area contributed by atoms with Crippen LogP contribution in [0.1, 0.15) is 52.2 Å². The monoisotopic (exact) mass is 623 g/mol. The molecule has 1 saturated carbocycles. The van der Waals surface area contributed by atoms with Crippen LogP contribution >= 0.6 is 23.2 Å². The van der Waals surface area contributed by atoms with Gasteiger partial charge in [-0.2, -0.15) is 39.5 Å². The zero-order chi connectivity index (χ0) is 30.3. The van der Waals surface area contributed by atoms with E-state index in [0.717, 1.165) is 18.2 Å². The fourth-order valence-corrected chi connectivity index (χ4v) is 4.50. The van der Waals surface area contributed by atoms with Gasteiger partial charge < -0.3 is 5.32 Å². The predicted molar refractivity (Wildman–Crippen MR) is 125 cm³/mol. The molecule has 1 amide bonds. The molecule has 0 heterocycles. The molecule has 0 spiro atoms. The topological polar surface area (TPSA) is 46.2 Å². The van der Waals surface area contributed by atoms with Crippen LogP contribution in [0.4, 0.5) is 43.9 Å². The van der Waals surface area contributed by atoms with Gasteiger partial charge in [-0.3, -0.25) is 9.59 Å². The highest BCUT2D eigenvalue weighted by Gasteiger charge is 2.52. The second kappa shape index (κ2) is 11.2. The Hall–Kier alpha value is -2.80. The van der Waals surface area contributed by atoms with E-state index in [1.807, 2.05) is 0 Å². The summed E-state index contributed by atoms with van der Waals surface area (Å²) in [5.41, 5.74) is -5.86. The number of amides is 1. The lowest BCUT2D eigenvalue weighted by molar-refractivity contribution is -0.141. The molecule has 0 radical (unpaired) electrons. The molecule has 1 aliphatic rings. The van der Waals surface area contributed by atoms with Crippen LogP contribution in [-0.4, -0.2) is 30.6 Å². The van der Waals surface area contributed by atoms with Crippen LogP contribution in [0.2, 0.25) is 10.0 Å². The number of rotatable bonds is 8. The summed E-state index contributed by atoms with van der Waals surface area (Å²) < 4.78 is 135. The molecule has 15 heteroatoms. The van der Waals surface area contributed by atoms with Crippen molar-refractivity contribution in [3.05, 3.63) is 74.8 Å². The Balaban J connectivity index is 1.94. The molecule has 0 saturated heterocycles. The fraction of sp³-hybridized carbons (Fsp3) is 0.360. The summed E-state index contributed by atoms with van der Waals surface area (Å²) in [6, 6.07) is 4.16. The molecule has 1 N–H and O–H groups in total. The lowest BCUT2D eigenvalue weighted by Gasteiger charge is -2.19. The van der Waals surface area contributed by atoms with E-state index in [2.05, 4.69) is 0 Å². The maximum atomic E-state index is 15.0. The minimum Gasteiger partial charge on any atom is -0.346 e. The van der Waals surface area contributed by atoms with E-state index in [1.165, 1.54) is 0 Å². The van der Waals surface area contributed by atoms with Crippen molar-refractivity contribution in [1.82, 2.24) is 5.32 Å². The van der Waals surface area contributed by atoms with Gasteiger partial charge in [0.2, 0.25) is 5.91 Å². The fourth-order valence-electron chi connectivity index (χ4n) is 3.95. The number of hydrogen-bond donors (Lipinski definition) is 1. The molecule has 2 aromatic carbocycles. The van der Waals surface area contributed by atoms with Gasteiger partial charge in [0.25, 0.3) is 0 Å². The highest BCUT2D eigenvalue weighted by molar-refractivity contribution is 6.34. The average Bonchev–Trinajstić information content (AvgIpc) is 3.58. The first-order valence-electron chi connectivity index (χ1n) is 11.2. The summed E-state index contributed by atoms with van der Waals surface area (Å²) in [5.74, 6) is -6.77. The van der Waals surface area contributed by atoms with Crippen molar-refractivity contribution < 1.29 is 53.5 Å². The zero-order valence-corrected chi connectivity index (χ0v) is 21.3. The Morgan fingerprint density at radius 2 is 1.50 bits per heavy atom. The van der Waals surface area contributed by atoms with E-state index < -0.39 is 82.6 Å². The normalized spacial score (nSPS) is 16.4. The van der Waals surface area contributed by atoms with E-state index in [-0.39, 0.29) is 35.0 Å². The summed E-state index contributed by atoms with van der Waals surface area (Å²) in [5, 5.41) is 1.20. The molecule has 3 nitrogen and oxygen atoms in total. The van der Waals surface area contributed by atoms with Gasteiger partial charge in [0, 0.05) is 27.6 Å². The molecular formula is C25H17Cl2F10NO2. The van der Waals surface area contributed by atoms with Crippen molar-refractivity contribution in [1.29, 1.82) is 0 Å². The Morgan fingerprint density at radius 3 is 1.98 bits per heavy atom. The number of halogens is 12. The van der Waals surface area contributed by atoms with Crippen LogP contribution < -0.4 is 5.32 Å². The maximum Gasteiger partial charge on any atom is 0.417 e. The number of Topliss-reactive ketones (excluding diaryl/α,β-unsaturated/α-hetero) is 1. The number of benzene rings is 2. The summed E-state index contributed by atoms with van der Waals surface area (Å²) in [6.45, 7) is -1.70. The molecule has 218 valence electrons. The minimum absolute atomic E-state index is 0.0309. The maximum absolute atomic E-state index is 15.0. The van der Waals surface area contributed by atoms with Crippen LogP contribution in [0.25, 0.3) is 5.83 Å². The molecule has 1 aliphatic carbocycles. The Labute approximate surface area is 230 Å². The van der Waals surface area contributed by atoms with Gasteiger partial charge in [-0.15, -0.1) is 0 Å². The van der Waals surface area contributed by atoms with E-state index in [1.54, 1.807) is 5.32 Å². The third-order valence-electron chi connectivity index (χ3n) is 6.09. The minimum atomic E-state index is -5.28. The Bertz CT molecular complexity index is 1310. The molecule has 0 aliphatic heterocycles. The first-order chi connectivity index (χ1) is 18.2. The third kappa shape index (κ3) is 7.90. The molecule has 40 heavy (non-hydrogen) atoms. The van der Waals surface area contributed by atoms with Crippen molar-refractivity contribution in [2.24, 2.45) is 5.41 Å². The number of hydrogen-bond acceptors (Lipinski definition) is 2. The van der Waals surface area contributed by atoms with Gasteiger partial charge in [-0.1, -0.05) is 35.3 Å². The van der Waals surface area contributed by atoms with Gasteiger partial charge >= 0.3 is 18.5 Å². The summed E-state index contributed by atoms with van der Waals surface area (Å²) in [7, 11) is 0. The number of allylic oxidation sites excluding steroid dienone is 1. The summed E-state index contributed by atoms with van der Waals surface area (Å²) >= 11 is 11.4.